The molecule has 4 nitrogen and oxygen atoms in total. The molecule has 2 saturated heterocycles. The summed E-state index contributed by atoms with van der Waals surface area (Å²) < 4.78 is 5.30. The van der Waals surface area contributed by atoms with E-state index >= 15 is 0 Å². The highest BCUT2D eigenvalue weighted by atomic mass is 16.8. The molecule has 0 aromatic carbocycles. The van der Waals surface area contributed by atoms with E-state index in [2.05, 4.69) is 18.9 Å². The van der Waals surface area contributed by atoms with Crippen LogP contribution in [0.3, 0.4) is 0 Å². The maximum Gasteiger partial charge on any atom is 0.311 e. The lowest BCUT2D eigenvalue weighted by Crippen LogP contribution is -2.48. The van der Waals surface area contributed by atoms with Gasteiger partial charge in [0.25, 0.3) is 0 Å². The van der Waals surface area contributed by atoms with E-state index in [1.165, 1.54) is 12.8 Å². The van der Waals surface area contributed by atoms with E-state index in [1.54, 1.807) is 0 Å². The van der Waals surface area contributed by atoms with Crippen molar-refractivity contribution in [3.8, 4) is 0 Å². The molecule has 3 rings (SSSR count). The van der Waals surface area contributed by atoms with Crippen molar-refractivity contribution >= 4 is 5.97 Å². The van der Waals surface area contributed by atoms with Crippen LogP contribution >= 0.6 is 0 Å². The van der Waals surface area contributed by atoms with Crippen LogP contribution in [0.15, 0.2) is 0 Å². The minimum Gasteiger partial charge on any atom is -0.466 e. The Morgan fingerprint density at radius 1 is 1.41 bits per heavy atom. The largest absolute Gasteiger partial charge is 0.466 e. The Morgan fingerprint density at radius 2 is 2.06 bits per heavy atom. The first-order chi connectivity index (χ1) is 8.04. The summed E-state index contributed by atoms with van der Waals surface area (Å²) in [6, 6.07) is 0. The van der Waals surface area contributed by atoms with Crippen molar-refractivity contribution in [2.24, 2.45) is 11.3 Å². The van der Waals surface area contributed by atoms with Crippen LogP contribution in [0.1, 0.15) is 46.5 Å². The molecule has 0 aromatic rings. The quantitative estimate of drug-likeness (QED) is 0.546. The molecular formula is C13H21NO3. The van der Waals surface area contributed by atoms with Gasteiger partial charge in [0.2, 0.25) is 0 Å². The molecule has 3 fully saturated rings. The zero-order chi connectivity index (χ0) is 12.3. The number of ether oxygens (including phenoxy) is 1. The van der Waals surface area contributed by atoms with E-state index in [0.29, 0.717) is 6.61 Å². The van der Waals surface area contributed by atoms with Crippen molar-refractivity contribution in [2.45, 2.75) is 58.2 Å². The first-order valence-corrected chi connectivity index (χ1v) is 6.67. The van der Waals surface area contributed by atoms with Crippen LogP contribution in [-0.2, 0) is 14.4 Å². The number of carbonyl (C=O) groups is 1. The van der Waals surface area contributed by atoms with E-state index in [4.69, 9.17) is 9.57 Å². The van der Waals surface area contributed by atoms with E-state index in [-0.39, 0.29) is 29.1 Å². The van der Waals surface area contributed by atoms with Crippen molar-refractivity contribution in [1.82, 2.24) is 5.06 Å². The molecule has 0 N–H and O–H groups in total. The first kappa shape index (κ1) is 11.5. The number of nitrogens with zero attached hydrogens (tertiary/aromatic N) is 1. The van der Waals surface area contributed by atoms with Crippen molar-refractivity contribution in [2.75, 3.05) is 6.61 Å². The maximum absolute atomic E-state index is 12.3. The fourth-order valence-corrected chi connectivity index (χ4v) is 4.06. The molecule has 1 saturated carbocycles. The maximum atomic E-state index is 12.3. The van der Waals surface area contributed by atoms with Gasteiger partial charge in [-0.05, 0) is 19.8 Å². The van der Waals surface area contributed by atoms with E-state index in [1.807, 2.05) is 6.92 Å². The lowest BCUT2D eigenvalue weighted by Gasteiger charge is -2.37. The zero-order valence-electron chi connectivity index (χ0n) is 10.9. The number of fused-ring (bicyclic) bond motifs is 2. The number of hydrogen-bond acceptors (Lipinski definition) is 4. The first-order valence-electron chi connectivity index (χ1n) is 6.67. The third-order valence-electron chi connectivity index (χ3n) is 4.73. The summed E-state index contributed by atoms with van der Waals surface area (Å²) in [6.07, 6.45) is 4.64. The van der Waals surface area contributed by atoms with E-state index in [0.717, 1.165) is 12.8 Å². The zero-order valence-corrected chi connectivity index (χ0v) is 10.9. The van der Waals surface area contributed by atoms with Crippen LogP contribution < -0.4 is 0 Å². The summed E-state index contributed by atoms with van der Waals surface area (Å²) in [5.74, 6) is -0.0635. The smallest absolute Gasteiger partial charge is 0.311 e. The molecular weight excluding hydrogens is 218 g/mol. The predicted octanol–water partition coefficient (Wildman–Crippen LogP) is 2.09. The summed E-state index contributed by atoms with van der Waals surface area (Å²) in [5.41, 5.74) is -0.197. The lowest BCUT2D eigenvalue weighted by molar-refractivity contribution is -0.160. The Labute approximate surface area is 102 Å². The van der Waals surface area contributed by atoms with Gasteiger partial charge in [-0.2, -0.15) is 0 Å². The molecule has 2 aliphatic heterocycles. The summed E-state index contributed by atoms with van der Waals surface area (Å²) >= 11 is 0. The molecule has 3 aliphatic rings. The SMILES string of the molecule is CCOC(=O)[C@H]1C(C)(C)[C@@H]2ON2C12CCCC2. The molecule has 0 amide bonds. The van der Waals surface area contributed by atoms with Gasteiger partial charge in [0.1, 0.15) is 0 Å². The monoisotopic (exact) mass is 239 g/mol. The van der Waals surface area contributed by atoms with Gasteiger partial charge in [-0.25, -0.2) is 0 Å². The van der Waals surface area contributed by atoms with Gasteiger partial charge in [0.05, 0.1) is 18.1 Å². The average Bonchev–Trinajstić information content (AvgIpc) is 2.91. The van der Waals surface area contributed by atoms with Gasteiger partial charge < -0.3 is 4.74 Å². The minimum atomic E-state index is -0.128. The molecule has 1 spiro atoms. The van der Waals surface area contributed by atoms with Crippen molar-refractivity contribution in [1.29, 1.82) is 0 Å². The highest BCUT2D eigenvalue weighted by Crippen LogP contribution is 2.64. The van der Waals surface area contributed by atoms with Gasteiger partial charge in [-0.15, -0.1) is 5.06 Å². The van der Waals surface area contributed by atoms with Crippen LogP contribution in [-0.4, -0.2) is 29.4 Å². The Bertz CT molecular complexity index is 347. The third kappa shape index (κ3) is 1.34. The summed E-state index contributed by atoms with van der Waals surface area (Å²) in [5, 5.41) is 2.08. The van der Waals surface area contributed by atoms with Gasteiger partial charge in [0, 0.05) is 5.41 Å². The van der Waals surface area contributed by atoms with Crippen LogP contribution in [0.25, 0.3) is 0 Å². The molecule has 17 heavy (non-hydrogen) atoms. The van der Waals surface area contributed by atoms with Crippen LogP contribution in [0.2, 0.25) is 0 Å². The number of esters is 1. The number of rotatable bonds is 2. The van der Waals surface area contributed by atoms with Gasteiger partial charge in [0.15, 0.2) is 6.23 Å². The second kappa shape index (κ2) is 3.45. The molecule has 4 heteroatoms. The Balaban J connectivity index is 1.94. The molecule has 96 valence electrons. The molecule has 0 radical (unpaired) electrons. The lowest BCUT2D eigenvalue weighted by atomic mass is 9.70. The average molecular weight is 239 g/mol. The molecule has 2 heterocycles. The number of hydroxylamine groups is 2. The Morgan fingerprint density at radius 3 is 2.65 bits per heavy atom. The number of carbonyl (C=O) groups excluding carboxylic acids is 1. The highest BCUT2D eigenvalue weighted by Gasteiger charge is 2.75. The number of hydrogen-bond donors (Lipinski definition) is 0. The summed E-state index contributed by atoms with van der Waals surface area (Å²) in [4.78, 5) is 18.0. The van der Waals surface area contributed by atoms with Gasteiger partial charge in [-0.1, -0.05) is 26.7 Å². The third-order valence-corrected chi connectivity index (χ3v) is 4.73. The Hall–Kier alpha value is -0.610. The van der Waals surface area contributed by atoms with Gasteiger partial charge >= 0.3 is 5.97 Å². The van der Waals surface area contributed by atoms with E-state index < -0.39 is 0 Å². The minimum absolute atomic E-state index is 0.0313. The second-order valence-corrected chi connectivity index (χ2v) is 6.10. The molecule has 1 aliphatic carbocycles. The van der Waals surface area contributed by atoms with Crippen LogP contribution in [0.5, 0.6) is 0 Å². The topological polar surface area (TPSA) is 41.8 Å². The standard InChI is InChI=1S/C13H21NO3/c1-4-16-10(15)9-12(2,3)11-14(17-11)13(9)7-5-6-8-13/h9,11H,4-8H2,1-3H3/t9-,11-,14?/m0/s1. The molecule has 1 unspecified atom stereocenters. The van der Waals surface area contributed by atoms with Crippen molar-refractivity contribution in [3.63, 3.8) is 0 Å². The Kier molecular flexibility index (Phi) is 2.33. The fraction of sp³-hybridized carbons (Fsp3) is 0.923. The van der Waals surface area contributed by atoms with Crippen molar-refractivity contribution in [3.05, 3.63) is 0 Å². The highest BCUT2D eigenvalue weighted by molar-refractivity contribution is 5.76. The fourth-order valence-electron chi connectivity index (χ4n) is 4.06. The molecule has 0 bridgehead atoms. The molecule has 0 aromatic heterocycles. The predicted molar refractivity (Wildman–Crippen MR) is 61.8 cm³/mol. The normalized spacial score (nSPS) is 40.3. The van der Waals surface area contributed by atoms with Crippen LogP contribution in [0, 0.1) is 11.3 Å². The second-order valence-electron chi connectivity index (χ2n) is 6.10. The molecule has 3 atom stereocenters. The summed E-state index contributed by atoms with van der Waals surface area (Å²) in [6.45, 7) is 6.60. The van der Waals surface area contributed by atoms with Gasteiger partial charge in [-0.3, -0.25) is 9.63 Å². The van der Waals surface area contributed by atoms with Crippen LogP contribution in [0.4, 0.5) is 0 Å². The van der Waals surface area contributed by atoms with E-state index in [9.17, 15) is 4.79 Å². The van der Waals surface area contributed by atoms with Crippen molar-refractivity contribution < 1.29 is 14.4 Å². The summed E-state index contributed by atoms with van der Waals surface area (Å²) in [7, 11) is 0.